The SMILES string of the molecule is OC(c1ncc(Cl)cn1)c1cc(F)cnc1Cl. The molecule has 0 aliphatic rings. The summed E-state index contributed by atoms with van der Waals surface area (Å²) in [6.07, 6.45) is 2.37. The summed E-state index contributed by atoms with van der Waals surface area (Å²) >= 11 is 11.4. The molecule has 0 radical (unpaired) electrons. The Bertz CT molecular complexity index is 536. The molecule has 88 valence electrons. The lowest BCUT2D eigenvalue weighted by Crippen LogP contribution is -2.06. The third-order valence-electron chi connectivity index (χ3n) is 2.01. The lowest BCUT2D eigenvalue weighted by Gasteiger charge is -2.10. The molecule has 0 fully saturated rings. The number of aliphatic hydroxyl groups is 1. The van der Waals surface area contributed by atoms with Gasteiger partial charge in [-0.3, -0.25) is 0 Å². The van der Waals surface area contributed by atoms with E-state index in [-0.39, 0.29) is 16.5 Å². The van der Waals surface area contributed by atoms with Crippen LogP contribution in [0.1, 0.15) is 17.5 Å². The van der Waals surface area contributed by atoms with Crippen LogP contribution < -0.4 is 0 Å². The number of aliphatic hydroxyl groups excluding tert-OH is 1. The molecule has 1 unspecified atom stereocenters. The number of rotatable bonds is 2. The highest BCUT2D eigenvalue weighted by Gasteiger charge is 2.18. The van der Waals surface area contributed by atoms with Crippen LogP contribution >= 0.6 is 23.2 Å². The molecule has 2 aromatic heterocycles. The zero-order valence-electron chi connectivity index (χ0n) is 8.31. The quantitative estimate of drug-likeness (QED) is 0.854. The maximum absolute atomic E-state index is 13.0. The van der Waals surface area contributed by atoms with Crippen LogP contribution in [-0.2, 0) is 0 Å². The summed E-state index contributed by atoms with van der Waals surface area (Å²) in [5.74, 6) is -0.527. The Morgan fingerprint density at radius 3 is 2.41 bits per heavy atom. The van der Waals surface area contributed by atoms with E-state index in [1.54, 1.807) is 0 Å². The molecule has 0 bridgehead atoms. The largest absolute Gasteiger partial charge is 0.380 e. The van der Waals surface area contributed by atoms with Crippen molar-refractivity contribution in [2.45, 2.75) is 6.10 Å². The van der Waals surface area contributed by atoms with Crippen molar-refractivity contribution >= 4 is 23.2 Å². The monoisotopic (exact) mass is 273 g/mol. The first-order valence-corrected chi connectivity index (χ1v) is 5.30. The van der Waals surface area contributed by atoms with Gasteiger partial charge in [-0.25, -0.2) is 19.3 Å². The smallest absolute Gasteiger partial charge is 0.161 e. The fourth-order valence-electron chi connectivity index (χ4n) is 1.23. The van der Waals surface area contributed by atoms with E-state index < -0.39 is 11.9 Å². The van der Waals surface area contributed by atoms with Crippen LogP contribution in [0, 0.1) is 5.82 Å². The average Bonchev–Trinajstić information content (AvgIpc) is 2.32. The molecule has 0 saturated carbocycles. The molecular formula is C10H6Cl2FN3O. The summed E-state index contributed by atoms with van der Waals surface area (Å²) in [5.41, 5.74) is 0.106. The number of aromatic nitrogens is 3. The zero-order chi connectivity index (χ0) is 12.4. The average molecular weight is 274 g/mol. The maximum atomic E-state index is 13.0. The summed E-state index contributed by atoms with van der Waals surface area (Å²) in [7, 11) is 0. The first-order chi connectivity index (χ1) is 8.08. The van der Waals surface area contributed by atoms with Crippen LogP contribution in [0.25, 0.3) is 0 Å². The fourth-order valence-corrected chi connectivity index (χ4v) is 1.54. The van der Waals surface area contributed by atoms with Gasteiger partial charge >= 0.3 is 0 Å². The molecule has 17 heavy (non-hydrogen) atoms. The molecule has 0 aliphatic heterocycles. The summed E-state index contributed by atoms with van der Waals surface area (Å²) in [6, 6.07) is 1.08. The van der Waals surface area contributed by atoms with Gasteiger partial charge in [0.2, 0.25) is 0 Å². The van der Waals surface area contributed by atoms with Crippen molar-refractivity contribution < 1.29 is 9.50 Å². The molecule has 4 nitrogen and oxygen atoms in total. The first-order valence-electron chi connectivity index (χ1n) is 4.54. The van der Waals surface area contributed by atoms with E-state index in [0.717, 1.165) is 12.3 Å². The van der Waals surface area contributed by atoms with Gasteiger partial charge < -0.3 is 5.11 Å². The normalized spacial score (nSPS) is 12.5. The Kier molecular flexibility index (Phi) is 3.51. The van der Waals surface area contributed by atoms with E-state index >= 15 is 0 Å². The number of pyridine rings is 1. The minimum atomic E-state index is -1.25. The topological polar surface area (TPSA) is 58.9 Å². The molecule has 1 atom stereocenters. The van der Waals surface area contributed by atoms with Crippen LogP contribution in [0.2, 0.25) is 10.2 Å². The lowest BCUT2D eigenvalue weighted by molar-refractivity contribution is 0.209. The minimum absolute atomic E-state index is 0.00236. The van der Waals surface area contributed by atoms with Crippen molar-refractivity contribution in [2.75, 3.05) is 0 Å². The standard InChI is InChI=1S/C10H6Cl2FN3O/c11-5-2-15-10(16-3-5)8(17)7-1-6(13)4-14-9(7)12/h1-4,8,17H. The first kappa shape index (κ1) is 12.2. The lowest BCUT2D eigenvalue weighted by atomic mass is 10.1. The minimum Gasteiger partial charge on any atom is -0.380 e. The summed E-state index contributed by atoms with van der Waals surface area (Å²) in [5, 5.41) is 10.3. The number of hydrogen-bond donors (Lipinski definition) is 1. The Balaban J connectivity index is 2.39. The van der Waals surface area contributed by atoms with Gasteiger partial charge in [-0.1, -0.05) is 23.2 Å². The van der Waals surface area contributed by atoms with Gasteiger partial charge in [0.25, 0.3) is 0 Å². The second kappa shape index (κ2) is 4.91. The molecule has 0 spiro atoms. The molecule has 1 N–H and O–H groups in total. The van der Waals surface area contributed by atoms with E-state index in [0.29, 0.717) is 5.02 Å². The molecular weight excluding hydrogens is 268 g/mol. The van der Waals surface area contributed by atoms with Crippen molar-refractivity contribution in [1.29, 1.82) is 0 Å². The van der Waals surface area contributed by atoms with Gasteiger partial charge in [0.1, 0.15) is 17.1 Å². The highest BCUT2D eigenvalue weighted by Crippen LogP contribution is 2.25. The Morgan fingerprint density at radius 2 is 1.76 bits per heavy atom. The van der Waals surface area contributed by atoms with Crippen molar-refractivity contribution in [2.24, 2.45) is 0 Å². The van der Waals surface area contributed by atoms with E-state index in [1.165, 1.54) is 12.4 Å². The molecule has 2 rings (SSSR count). The molecule has 0 saturated heterocycles. The van der Waals surface area contributed by atoms with Crippen LogP contribution in [0.3, 0.4) is 0 Å². The molecule has 2 aromatic rings. The predicted octanol–water partition coefficient (Wildman–Crippen LogP) is 2.40. The van der Waals surface area contributed by atoms with Crippen molar-refractivity contribution in [3.63, 3.8) is 0 Å². The van der Waals surface area contributed by atoms with Crippen LogP contribution in [0.5, 0.6) is 0 Å². The Hall–Kier alpha value is -1.30. The number of halogens is 3. The highest BCUT2D eigenvalue weighted by molar-refractivity contribution is 6.30. The predicted molar refractivity (Wildman–Crippen MR) is 60.3 cm³/mol. The van der Waals surface area contributed by atoms with Crippen molar-refractivity contribution in [3.8, 4) is 0 Å². The number of hydrogen-bond acceptors (Lipinski definition) is 4. The highest BCUT2D eigenvalue weighted by atomic mass is 35.5. The van der Waals surface area contributed by atoms with Crippen LogP contribution in [0.4, 0.5) is 4.39 Å². The molecule has 0 aliphatic carbocycles. The van der Waals surface area contributed by atoms with E-state index in [2.05, 4.69) is 15.0 Å². The van der Waals surface area contributed by atoms with E-state index in [1.807, 2.05) is 0 Å². The Labute approximate surface area is 106 Å². The summed E-state index contributed by atoms with van der Waals surface area (Å²) in [6.45, 7) is 0. The van der Waals surface area contributed by atoms with Gasteiger partial charge in [-0.15, -0.1) is 0 Å². The maximum Gasteiger partial charge on any atom is 0.161 e. The van der Waals surface area contributed by atoms with E-state index in [9.17, 15) is 9.50 Å². The Morgan fingerprint density at radius 1 is 1.12 bits per heavy atom. The van der Waals surface area contributed by atoms with Crippen LogP contribution in [-0.4, -0.2) is 20.1 Å². The summed E-state index contributed by atoms with van der Waals surface area (Å²) < 4.78 is 13.0. The van der Waals surface area contributed by atoms with Crippen molar-refractivity contribution in [3.05, 3.63) is 52.0 Å². The van der Waals surface area contributed by atoms with Crippen molar-refractivity contribution in [1.82, 2.24) is 15.0 Å². The molecule has 7 heteroatoms. The van der Waals surface area contributed by atoms with Crippen LogP contribution in [0.15, 0.2) is 24.7 Å². The second-order valence-electron chi connectivity index (χ2n) is 3.20. The fraction of sp³-hybridized carbons (Fsp3) is 0.100. The third-order valence-corrected chi connectivity index (χ3v) is 2.52. The van der Waals surface area contributed by atoms with E-state index in [4.69, 9.17) is 23.2 Å². The molecule has 0 aromatic carbocycles. The van der Waals surface area contributed by atoms with Gasteiger partial charge in [0.05, 0.1) is 11.2 Å². The number of nitrogens with zero attached hydrogens (tertiary/aromatic N) is 3. The molecule has 0 amide bonds. The summed E-state index contributed by atoms with van der Waals surface area (Å²) in [4.78, 5) is 11.2. The van der Waals surface area contributed by atoms with Gasteiger partial charge in [-0.05, 0) is 6.07 Å². The van der Waals surface area contributed by atoms with Gasteiger partial charge in [0, 0.05) is 18.0 Å². The molecule has 2 heterocycles. The second-order valence-corrected chi connectivity index (χ2v) is 3.99. The van der Waals surface area contributed by atoms with Gasteiger partial charge in [-0.2, -0.15) is 0 Å². The van der Waals surface area contributed by atoms with Gasteiger partial charge in [0.15, 0.2) is 5.82 Å². The third kappa shape index (κ3) is 2.69. The zero-order valence-corrected chi connectivity index (χ0v) is 9.82.